The Morgan fingerprint density at radius 3 is 1.85 bits per heavy atom. The van der Waals surface area contributed by atoms with E-state index in [-0.39, 0.29) is 18.6 Å². The van der Waals surface area contributed by atoms with E-state index in [1.807, 2.05) is 85.8 Å². The van der Waals surface area contributed by atoms with Gasteiger partial charge in [0.2, 0.25) is 6.86 Å². The Hall–Kier alpha value is -4.72. The summed E-state index contributed by atoms with van der Waals surface area (Å²) in [7, 11) is 3.28. The summed E-state index contributed by atoms with van der Waals surface area (Å²) in [6.45, 7) is 1.14. The van der Waals surface area contributed by atoms with Gasteiger partial charge in [-0.2, -0.15) is 0 Å². The predicted molar refractivity (Wildman–Crippen MR) is 177 cm³/mol. The van der Waals surface area contributed by atoms with Crippen molar-refractivity contribution in [2.24, 2.45) is 5.92 Å². The van der Waals surface area contributed by atoms with E-state index in [0.717, 1.165) is 33.6 Å². The fraction of sp³-hybridized carbons (Fsp3) is 0.256. The number of hydrogen-bond donors (Lipinski definition) is 1. The maximum absolute atomic E-state index is 14.3. The lowest BCUT2D eigenvalue weighted by Crippen LogP contribution is -2.54. The maximum atomic E-state index is 14.3. The molecule has 4 aromatic carbocycles. The van der Waals surface area contributed by atoms with Crippen molar-refractivity contribution in [3.63, 3.8) is 0 Å². The number of alkyl halides is 1. The van der Waals surface area contributed by atoms with Gasteiger partial charge in [-0.15, -0.1) is 0 Å². The molecular formula is C39H40FNO5. The van der Waals surface area contributed by atoms with Crippen molar-refractivity contribution in [2.45, 2.75) is 31.0 Å². The average Bonchev–Trinajstić information content (AvgIpc) is 3.11. The van der Waals surface area contributed by atoms with E-state index in [2.05, 4.69) is 41.7 Å². The lowest BCUT2D eigenvalue weighted by Gasteiger charge is -2.39. The maximum Gasteiger partial charge on any atom is 0.323 e. The molecule has 0 fully saturated rings. The standard InChI is InChI=1S/C39H40FNO5/c1-28-36(43-2)24-21-30(37(28)44-3)26-45-38(42)35(25-29-19-22-34(23-20-29)46-27-40)41-39(31-13-7-4-8-14-31,32-15-9-5-10-16-32)33-17-11-6-12-18-33/h4-24,28,35-36,41H,25-27H2,1-3H3/t28-,35-,36?/m1/s1. The Balaban J connectivity index is 1.56. The largest absolute Gasteiger partial charge is 0.500 e. The van der Waals surface area contributed by atoms with Crippen LogP contribution < -0.4 is 10.1 Å². The second-order valence-corrected chi connectivity index (χ2v) is 11.2. The van der Waals surface area contributed by atoms with E-state index < -0.39 is 24.4 Å². The van der Waals surface area contributed by atoms with Crippen LogP contribution in [0.5, 0.6) is 5.75 Å². The van der Waals surface area contributed by atoms with Gasteiger partial charge in [-0.3, -0.25) is 10.1 Å². The Morgan fingerprint density at radius 2 is 1.37 bits per heavy atom. The topological polar surface area (TPSA) is 66.0 Å². The summed E-state index contributed by atoms with van der Waals surface area (Å²) >= 11 is 0. The van der Waals surface area contributed by atoms with Gasteiger partial charge >= 0.3 is 5.97 Å². The second-order valence-electron chi connectivity index (χ2n) is 11.2. The molecule has 6 nitrogen and oxygen atoms in total. The first-order valence-corrected chi connectivity index (χ1v) is 15.4. The summed E-state index contributed by atoms with van der Waals surface area (Å²) in [6.07, 6.45) is 4.03. The van der Waals surface area contributed by atoms with Crippen molar-refractivity contribution in [3.8, 4) is 5.75 Å². The third-order valence-corrected chi connectivity index (χ3v) is 8.45. The third kappa shape index (κ3) is 7.22. The first kappa shape index (κ1) is 32.7. The van der Waals surface area contributed by atoms with E-state index >= 15 is 0 Å². The zero-order valence-corrected chi connectivity index (χ0v) is 26.4. The Kier molecular flexibility index (Phi) is 11.0. The number of rotatable bonds is 14. The summed E-state index contributed by atoms with van der Waals surface area (Å²) in [4.78, 5) is 14.3. The predicted octanol–water partition coefficient (Wildman–Crippen LogP) is 7.15. The van der Waals surface area contributed by atoms with Gasteiger partial charge in [0.25, 0.3) is 0 Å². The summed E-state index contributed by atoms with van der Waals surface area (Å²) in [5.74, 6) is 0.683. The molecule has 1 unspecified atom stereocenters. The monoisotopic (exact) mass is 621 g/mol. The van der Waals surface area contributed by atoms with Crippen molar-refractivity contribution in [1.29, 1.82) is 0 Å². The summed E-state index contributed by atoms with van der Waals surface area (Å²) in [5.41, 5.74) is 3.63. The number of halogens is 1. The molecule has 0 bridgehead atoms. The molecule has 0 amide bonds. The highest BCUT2D eigenvalue weighted by Crippen LogP contribution is 2.38. The number of nitrogens with one attached hydrogen (secondary N) is 1. The van der Waals surface area contributed by atoms with Crippen LogP contribution in [0.25, 0.3) is 0 Å². The zero-order chi connectivity index (χ0) is 32.4. The fourth-order valence-corrected chi connectivity index (χ4v) is 6.16. The van der Waals surface area contributed by atoms with E-state index in [1.54, 1.807) is 26.4 Å². The number of esters is 1. The highest BCUT2D eigenvalue weighted by Gasteiger charge is 2.40. The van der Waals surface area contributed by atoms with E-state index in [9.17, 15) is 9.18 Å². The lowest BCUT2D eigenvalue weighted by atomic mass is 9.76. The minimum atomic E-state index is -0.916. The van der Waals surface area contributed by atoms with Crippen LogP contribution in [0.4, 0.5) is 4.39 Å². The minimum absolute atomic E-state index is 0.0328. The van der Waals surface area contributed by atoms with Gasteiger partial charge in [-0.25, -0.2) is 4.39 Å². The minimum Gasteiger partial charge on any atom is -0.500 e. The Labute approximate surface area is 270 Å². The van der Waals surface area contributed by atoms with Crippen LogP contribution in [0.15, 0.2) is 139 Å². The third-order valence-electron chi connectivity index (χ3n) is 8.45. The highest BCUT2D eigenvalue weighted by molar-refractivity contribution is 5.77. The van der Waals surface area contributed by atoms with Gasteiger partial charge < -0.3 is 18.9 Å². The SMILES string of the molecule is COC1=C(COC(=O)[C@@H](Cc2ccc(OCF)cc2)NC(c2ccccc2)(c2ccccc2)c2ccccc2)C=CC(OC)[C@H]1C. The van der Waals surface area contributed by atoms with Crippen molar-refractivity contribution >= 4 is 5.97 Å². The smallest absolute Gasteiger partial charge is 0.323 e. The molecule has 1 aliphatic carbocycles. The number of benzene rings is 4. The molecule has 4 aromatic rings. The van der Waals surface area contributed by atoms with Crippen LogP contribution in [0.2, 0.25) is 0 Å². The molecular weight excluding hydrogens is 581 g/mol. The molecule has 0 spiro atoms. The van der Waals surface area contributed by atoms with Crippen LogP contribution in [0.1, 0.15) is 29.2 Å². The van der Waals surface area contributed by atoms with Crippen molar-refractivity contribution in [1.82, 2.24) is 5.32 Å². The van der Waals surface area contributed by atoms with Crippen LogP contribution in [0.3, 0.4) is 0 Å². The molecule has 5 rings (SSSR count). The quantitative estimate of drug-likeness (QED) is 0.119. The molecule has 0 aliphatic heterocycles. The molecule has 0 saturated heterocycles. The average molecular weight is 622 g/mol. The number of methoxy groups -OCH3 is 2. The number of hydrogen-bond acceptors (Lipinski definition) is 6. The molecule has 238 valence electrons. The molecule has 7 heteroatoms. The second kappa shape index (κ2) is 15.5. The van der Waals surface area contributed by atoms with Gasteiger partial charge in [-0.1, -0.05) is 122 Å². The normalized spacial score (nSPS) is 17.0. The number of carbonyl (C=O) groups is 1. The molecule has 1 N–H and O–H groups in total. The van der Waals surface area contributed by atoms with Crippen molar-refractivity contribution in [3.05, 3.63) is 161 Å². The summed E-state index contributed by atoms with van der Waals surface area (Å²) in [5, 5.41) is 3.79. The first-order chi connectivity index (χ1) is 22.5. The fourth-order valence-electron chi connectivity index (χ4n) is 6.16. The molecule has 0 heterocycles. The van der Waals surface area contributed by atoms with E-state index in [0.29, 0.717) is 12.2 Å². The Bertz CT molecular complexity index is 1510. The first-order valence-electron chi connectivity index (χ1n) is 15.4. The molecule has 0 aromatic heterocycles. The van der Waals surface area contributed by atoms with Gasteiger partial charge in [0, 0.05) is 18.6 Å². The molecule has 0 radical (unpaired) electrons. The molecule has 3 atom stereocenters. The van der Waals surface area contributed by atoms with E-state index in [4.69, 9.17) is 18.9 Å². The van der Waals surface area contributed by atoms with E-state index in [1.165, 1.54) is 0 Å². The number of carbonyl (C=O) groups excluding carboxylic acids is 1. The van der Waals surface area contributed by atoms with Crippen LogP contribution >= 0.6 is 0 Å². The van der Waals surface area contributed by atoms with Gasteiger partial charge in [0.1, 0.15) is 24.2 Å². The van der Waals surface area contributed by atoms with Crippen molar-refractivity contribution in [2.75, 3.05) is 27.7 Å². The van der Waals surface area contributed by atoms with Crippen LogP contribution in [-0.4, -0.2) is 45.8 Å². The summed E-state index contributed by atoms with van der Waals surface area (Å²) < 4.78 is 35.2. The van der Waals surface area contributed by atoms with Crippen molar-refractivity contribution < 1.29 is 28.1 Å². The zero-order valence-electron chi connectivity index (χ0n) is 26.4. The highest BCUT2D eigenvalue weighted by atomic mass is 19.1. The van der Waals surface area contributed by atoms with Gasteiger partial charge in [0.15, 0.2) is 0 Å². The Morgan fingerprint density at radius 1 is 0.826 bits per heavy atom. The summed E-state index contributed by atoms with van der Waals surface area (Å²) in [6, 6.07) is 36.6. The molecule has 0 saturated carbocycles. The molecule has 1 aliphatic rings. The van der Waals surface area contributed by atoms with Crippen LogP contribution in [0, 0.1) is 5.92 Å². The number of ether oxygens (including phenoxy) is 4. The van der Waals surface area contributed by atoms with Gasteiger partial charge in [0.05, 0.1) is 18.8 Å². The van der Waals surface area contributed by atoms with Gasteiger partial charge in [-0.05, 0) is 40.8 Å². The molecule has 46 heavy (non-hydrogen) atoms. The lowest BCUT2D eigenvalue weighted by molar-refractivity contribution is -0.145. The van der Waals surface area contributed by atoms with Crippen LogP contribution in [-0.2, 0) is 31.0 Å².